The zero-order valence-corrected chi connectivity index (χ0v) is 13.1. The third-order valence-electron chi connectivity index (χ3n) is 2.75. The monoisotopic (exact) mass is 331 g/mol. The largest absolute Gasteiger partial charge is 0.507 e. The zero-order chi connectivity index (χ0) is 18.3. The van der Waals surface area contributed by atoms with Gasteiger partial charge in [-0.15, -0.1) is 0 Å². The zero-order valence-electron chi connectivity index (χ0n) is 13.1. The summed E-state index contributed by atoms with van der Waals surface area (Å²) in [4.78, 5) is 32.1. The molecule has 2 aromatic rings. The SMILES string of the molecule is CC(=O)O.CC(=O)c1ccc(C(=O)Oc2ccccc2N)c(O)c1. The van der Waals surface area contributed by atoms with Crippen molar-refractivity contribution in [2.75, 3.05) is 5.73 Å². The number of nitrogen functional groups attached to an aromatic ring is 1. The van der Waals surface area contributed by atoms with Crippen LogP contribution in [0.5, 0.6) is 11.5 Å². The number of anilines is 1. The number of carbonyl (C=O) groups excluding carboxylic acids is 2. The van der Waals surface area contributed by atoms with Crippen molar-refractivity contribution >= 4 is 23.4 Å². The molecule has 0 spiro atoms. The van der Waals surface area contributed by atoms with E-state index in [0.717, 1.165) is 6.92 Å². The predicted octanol–water partition coefficient (Wildman–Crippen LogP) is 2.49. The van der Waals surface area contributed by atoms with Gasteiger partial charge in [0.1, 0.15) is 11.3 Å². The second-order valence-electron chi connectivity index (χ2n) is 4.73. The number of carboxylic acid groups (broad SMARTS) is 1. The first-order valence-electron chi connectivity index (χ1n) is 6.82. The number of aromatic hydroxyl groups is 1. The topological polar surface area (TPSA) is 127 Å². The van der Waals surface area contributed by atoms with Gasteiger partial charge in [-0.2, -0.15) is 0 Å². The molecule has 126 valence electrons. The quantitative estimate of drug-likeness (QED) is 0.341. The van der Waals surface area contributed by atoms with E-state index >= 15 is 0 Å². The van der Waals surface area contributed by atoms with Crippen molar-refractivity contribution < 1.29 is 29.3 Å². The average Bonchev–Trinajstić information content (AvgIpc) is 2.48. The van der Waals surface area contributed by atoms with E-state index in [1.54, 1.807) is 24.3 Å². The summed E-state index contributed by atoms with van der Waals surface area (Å²) in [7, 11) is 0. The Labute approximate surface area is 138 Å². The third kappa shape index (κ3) is 5.45. The first-order valence-corrected chi connectivity index (χ1v) is 6.82. The number of hydrogen-bond donors (Lipinski definition) is 3. The summed E-state index contributed by atoms with van der Waals surface area (Å²) >= 11 is 0. The number of phenols is 1. The Morgan fingerprint density at radius 2 is 1.62 bits per heavy atom. The smallest absolute Gasteiger partial charge is 0.347 e. The van der Waals surface area contributed by atoms with Crippen LogP contribution in [0.25, 0.3) is 0 Å². The highest BCUT2D eigenvalue weighted by Gasteiger charge is 2.16. The standard InChI is InChI=1S/C15H13NO4.C2H4O2/c1-9(17)10-6-7-11(13(18)8-10)15(19)20-14-5-3-2-4-12(14)16;1-2(3)4/h2-8,18H,16H2,1H3;1H3,(H,3,4). The van der Waals surface area contributed by atoms with E-state index in [9.17, 15) is 14.7 Å². The van der Waals surface area contributed by atoms with Gasteiger partial charge in [-0.1, -0.05) is 18.2 Å². The molecule has 0 bridgehead atoms. The molecule has 2 rings (SSSR count). The van der Waals surface area contributed by atoms with Crippen molar-refractivity contribution in [3.8, 4) is 11.5 Å². The number of ether oxygens (including phenoxy) is 1. The number of ketones is 1. The van der Waals surface area contributed by atoms with Crippen LogP contribution in [0.3, 0.4) is 0 Å². The van der Waals surface area contributed by atoms with Crippen LogP contribution in [0.15, 0.2) is 42.5 Å². The fraction of sp³-hybridized carbons (Fsp3) is 0.118. The molecule has 0 saturated carbocycles. The molecule has 0 aliphatic rings. The fourth-order valence-electron chi connectivity index (χ4n) is 1.65. The Kier molecular flexibility index (Phi) is 6.49. The molecule has 7 nitrogen and oxygen atoms in total. The summed E-state index contributed by atoms with van der Waals surface area (Å²) in [5.74, 6) is -1.87. The number of nitrogens with two attached hydrogens (primary N) is 1. The van der Waals surface area contributed by atoms with Crippen LogP contribution in [0.1, 0.15) is 34.6 Å². The second kappa shape index (κ2) is 8.33. The van der Waals surface area contributed by atoms with Crippen molar-refractivity contribution in [2.24, 2.45) is 0 Å². The van der Waals surface area contributed by atoms with E-state index in [4.69, 9.17) is 20.4 Å². The number of aliphatic carboxylic acids is 1. The van der Waals surface area contributed by atoms with Gasteiger partial charge < -0.3 is 20.7 Å². The van der Waals surface area contributed by atoms with Gasteiger partial charge in [0.05, 0.1) is 5.69 Å². The molecule has 0 saturated heterocycles. The van der Waals surface area contributed by atoms with Crippen molar-refractivity contribution in [3.63, 3.8) is 0 Å². The predicted molar refractivity (Wildman–Crippen MR) is 87.2 cm³/mol. The Hall–Kier alpha value is -3.35. The number of carbonyl (C=O) groups is 3. The minimum absolute atomic E-state index is 0.0294. The molecular weight excluding hydrogens is 314 g/mol. The van der Waals surface area contributed by atoms with Gasteiger partial charge in [0, 0.05) is 12.5 Å². The van der Waals surface area contributed by atoms with Crippen molar-refractivity contribution in [1.29, 1.82) is 0 Å². The maximum atomic E-state index is 11.9. The molecule has 0 aromatic heterocycles. The van der Waals surface area contributed by atoms with Gasteiger partial charge in [-0.25, -0.2) is 4.79 Å². The minimum Gasteiger partial charge on any atom is -0.507 e. The summed E-state index contributed by atoms with van der Waals surface area (Å²) in [5.41, 5.74) is 6.27. The van der Waals surface area contributed by atoms with E-state index in [2.05, 4.69) is 0 Å². The molecule has 0 unspecified atom stereocenters. The van der Waals surface area contributed by atoms with E-state index in [0.29, 0.717) is 11.3 Å². The highest BCUT2D eigenvalue weighted by atomic mass is 16.5. The summed E-state index contributed by atoms with van der Waals surface area (Å²) in [6.45, 7) is 2.46. The lowest BCUT2D eigenvalue weighted by molar-refractivity contribution is -0.134. The first-order chi connectivity index (χ1) is 11.2. The number of esters is 1. The van der Waals surface area contributed by atoms with E-state index in [-0.39, 0.29) is 22.8 Å². The molecule has 2 aromatic carbocycles. The highest BCUT2D eigenvalue weighted by molar-refractivity contribution is 5.98. The van der Waals surface area contributed by atoms with Gasteiger partial charge in [0.25, 0.3) is 5.97 Å². The van der Waals surface area contributed by atoms with E-state index < -0.39 is 11.9 Å². The maximum Gasteiger partial charge on any atom is 0.347 e. The number of carboxylic acids is 1. The van der Waals surface area contributed by atoms with Gasteiger partial charge in [-0.3, -0.25) is 9.59 Å². The normalized spacial score (nSPS) is 9.42. The minimum atomic E-state index is -0.833. The Balaban J connectivity index is 0.000000648. The van der Waals surface area contributed by atoms with Gasteiger partial charge in [0.2, 0.25) is 0 Å². The maximum absolute atomic E-state index is 11.9. The molecule has 0 atom stereocenters. The third-order valence-corrected chi connectivity index (χ3v) is 2.75. The first kappa shape index (κ1) is 18.7. The van der Waals surface area contributed by atoms with Gasteiger partial charge in [-0.05, 0) is 31.2 Å². The van der Waals surface area contributed by atoms with Crippen LogP contribution in [0, 0.1) is 0 Å². The fourth-order valence-corrected chi connectivity index (χ4v) is 1.65. The molecule has 24 heavy (non-hydrogen) atoms. The number of Topliss-reactive ketones (excluding diaryl/α,β-unsaturated/α-hetero) is 1. The number of phenolic OH excluding ortho intramolecular Hbond substituents is 1. The molecule has 4 N–H and O–H groups in total. The average molecular weight is 331 g/mol. The van der Waals surface area contributed by atoms with Gasteiger partial charge in [0.15, 0.2) is 11.5 Å². The molecule has 0 radical (unpaired) electrons. The Morgan fingerprint density at radius 3 is 2.12 bits per heavy atom. The van der Waals surface area contributed by atoms with Crippen LogP contribution < -0.4 is 10.5 Å². The van der Waals surface area contributed by atoms with Crippen LogP contribution in [-0.2, 0) is 4.79 Å². The molecule has 0 amide bonds. The van der Waals surface area contributed by atoms with Gasteiger partial charge >= 0.3 is 5.97 Å². The van der Waals surface area contributed by atoms with Crippen molar-refractivity contribution in [2.45, 2.75) is 13.8 Å². The molecule has 0 fully saturated rings. The Morgan fingerprint density at radius 1 is 1.04 bits per heavy atom. The lowest BCUT2D eigenvalue weighted by Gasteiger charge is -2.08. The van der Waals surface area contributed by atoms with Crippen molar-refractivity contribution in [3.05, 3.63) is 53.6 Å². The van der Waals surface area contributed by atoms with Crippen LogP contribution in [0.4, 0.5) is 5.69 Å². The summed E-state index contributed by atoms with van der Waals surface area (Å²) in [5, 5.41) is 17.2. The highest BCUT2D eigenvalue weighted by Crippen LogP contribution is 2.24. The molecule has 0 aliphatic heterocycles. The summed E-state index contributed by atoms with van der Waals surface area (Å²) in [6.07, 6.45) is 0. The van der Waals surface area contributed by atoms with Crippen molar-refractivity contribution in [1.82, 2.24) is 0 Å². The van der Waals surface area contributed by atoms with Crippen LogP contribution >= 0.6 is 0 Å². The summed E-state index contributed by atoms with van der Waals surface area (Å²) in [6, 6.07) is 10.6. The molecule has 0 aliphatic carbocycles. The number of benzene rings is 2. The number of para-hydroxylation sites is 2. The van der Waals surface area contributed by atoms with E-state index in [1.807, 2.05) is 0 Å². The molecular formula is C17H17NO6. The second-order valence-corrected chi connectivity index (χ2v) is 4.73. The molecule has 7 heteroatoms. The lowest BCUT2D eigenvalue weighted by atomic mass is 10.1. The van der Waals surface area contributed by atoms with E-state index in [1.165, 1.54) is 25.1 Å². The lowest BCUT2D eigenvalue weighted by Crippen LogP contribution is -2.10. The molecule has 0 heterocycles. The Bertz CT molecular complexity index is 765. The summed E-state index contributed by atoms with van der Waals surface area (Å²) < 4.78 is 5.10. The van der Waals surface area contributed by atoms with Crippen LogP contribution in [0.2, 0.25) is 0 Å². The number of hydrogen-bond acceptors (Lipinski definition) is 6. The number of rotatable bonds is 3. The van der Waals surface area contributed by atoms with Crippen LogP contribution in [-0.4, -0.2) is 27.9 Å².